The molecule has 0 aliphatic rings. The molecule has 0 saturated heterocycles. The van der Waals surface area contributed by atoms with E-state index in [2.05, 4.69) is 4.98 Å². The van der Waals surface area contributed by atoms with Crippen LogP contribution >= 0.6 is 11.6 Å². The van der Waals surface area contributed by atoms with Gasteiger partial charge in [0.1, 0.15) is 5.82 Å². The largest absolute Gasteiger partial charge is 0.296 e. The first kappa shape index (κ1) is 11.0. The number of benzene rings is 1. The van der Waals surface area contributed by atoms with Gasteiger partial charge in [0.15, 0.2) is 6.29 Å². The highest BCUT2D eigenvalue weighted by Crippen LogP contribution is 2.22. The van der Waals surface area contributed by atoms with Crippen molar-refractivity contribution >= 4 is 23.4 Å². The minimum absolute atomic E-state index is 0.579. The highest BCUT2D eigenvalue weighted by atomic mass is 35.5. The second-order valence-electron chi connectivity index (χ2n) is 3.92. The van der Waals surface area contributed by atoms with E-state index in [-0.39, 0.29) is 0 Å². The Morgan fingerprint density at radius 1 is 1.11 bits per heavy atom. The summed E-state index contributed by atoms with van der Waals surface area (Å²) < 4.78 is 1.83. The quantitative estimate of drug-likeness (QED) is 0.658. The van der Waals surface area contributed by atoms with Gasteiger partial charge >= 0.3 is 0 Å². The molecular formula is C14H9ClN2O. The zero-order chi connectivity index (χ0) is 12.5. The summed E-state index contributed by atoms with van der Waals surface area (Å²) in [7, 11) is 0. The van der Waals surface area contributed by atoms with Gasteiger partial charge in [-0.1, -0.05) is 17.7 Å². The van der Waals surface area contributed by atoms with Crippen molar-refractivity contribution in [1.29, 1.82) is 0 Å². The third kappa shape index (κ3) is 1.69. The Hall–Kier alpha value is -2.13. The van der Waals surface area contributed by atoms with Gasteiger partial charge in [0.05, 0.1) is 17.4 Å². The number of hydrogen-bond donors (Lipinski definition) is 0. The summed E-state index contributed by atoms with van der Waals surface area (Å²) in [6, 6.07) is 12.9. The normalized spacial score (nSPS) is 10.7. The van der Waals surface area contributed by atoms with Crippen molar-refractivity contribution < 1.29 is 4.79 Å². The molecule has 1 aromatic carbocycles. The first-order valence-electron chi connectivity index (χ1n) is 5.47. The molecule has 4 heteroatoms. The minimum atomic E-state index is 0.579. The van der Waals surface area contributed by atoms with Crippen molar-refractivity contribution in [3.8, 4) is 11.4 Å². The maximum Gasteiger partial charge on any atom is 0.166 e. The molecule has 3 rings (SSSR count). The summed E-state index contributed by atoms with van der Waals surface area (Å²) >= 11 is 5.87. The van der Waals surface area contributed by atoms with Crippen LogP contribution in [-0.4, -0.2) is 15.7 Å². The summed E-state index contributed by atoms with van der Waals surface area (Å²) in [5.74, 6) is 0.740. The molecule has 88 valence electrons. The lowest BCUT2D eigenvalue weighted by atomic mass is 10.2. The number of hydrogen-bond acceptors (Lipinski definition) is 2. The molecule has 0 amide bonds. The van der Waals surface area contributed by atoms with E-state index in [1.54, 1.807) is 12.3 Å². The molecule has 0 aliphatic heterocycles. The number of pyridine rings is 1. The lowest BCUT2D eigenvalue weighted by Gasteiger charge is -2.04. The second kappa shape index (κ2) is 4.27. The van der Waals surface area contributed by atoms with Gasteiger partial charge in [0.25, 0.3) is 0 Å². The van der Waals surface area contributed by atoms with Crippen molar-refractivity contribution in [2.75, 3.05) is 0 Å². The number of imidazole rings is 1. The highest BCUT2D eigenvalue weighted by molar-refractivity contribution is 6.30. The highest BCUT2D eigenvalue weighted by Gasteiger charge is 2.09. The summed E-state index contributed by atoms with van der Waals surface area (Å²) in [5.41, 5.74) is 2.40. The third-order valence-corrected chi connectivity index (χ3v) is 3.06. The molecule has 0 aliphatic carbocycles. The summed E-state index contributed by atoms with van der Waals surface area (Å²) in [5, 5.41) is 0.676. The fraction of sp³-hybridized carbons (Fsp3) is 0. The Balaban J connectivity index is 2.29. The SMILES string of the molecule is O=Cc1cccc2cnc(-c3ccc(Cl)cc3)n12. The number of aldehydes is 1. The molecule has 0 radical (unpaired) electrons. The molecule has 2 aromatic heterocycles. The average Bonchev–Trinajstić information content (AvgIpc) is 2.83. The Labute approximate surface area is 109 Å². The smallest absolute Gasteiger partial charge is 0.166 e. The monoisotopic (exact) mass is 256 g/mol. The van der Waals surface area contributed by atoms with Crippen LogP contribution in [0.1, 0.15) is 10.5 Å². The molecular weight excluding hydrogens is 248 g/mol. The van der Waals surface area contributed by atoms with E-state index in [1.807, 2.05) is 40.8 Å². The van der Waals surface area contributed by atoms with E-state index < -0.39 is 0 Å². The molecule has 0 N–H and O–H groups in total. The molecule has 0 spiro atoms. The van der Waals surface area contributed by atoms with Gasteiger partial charge < -0.3 is 0 Å². The van der Waals surface area contributed by atoms with Gasteiger partial charge in [0, 0.05) is 10.6 Å². The van der Waals surface area contributed by atoms with Crippen molar-refractivity contribution in [3.63, 3.8) is 0 Å². The second-order valence-corrected chi connectivity index (χ2v) is 4.35. The fourth-order valence-corrected chi connectivity index (χ4v) is 2.09. The van der Waals surface area contributed by atoms with Crippen molar-refractivity contribution in [1.82, 2.24) is 9.38 Å². The van der Waals surface area contributed by atoms with Gasteiger partial charge in [-0.15, -0.1) is 0 Å². The van der Waals surface area contributed by atoms with Crippen LogP contribution in [0.2, 0.25) is 5.02 Å². The van der Waals surface area contributed by atoms with Gasteiger partial charge in [-0.05, 0) is 36.4 Å². The zero-order valence-electron chi connectivity index (χ0n) is 9.38. The number of carbonyl (C=O) groups is 1. The number of nitrogens with zero attached hydrogens (tertiary/aromatic N) is 2. The van der Waals surface area contributed by atoms with Crippen molar-refractivity contribution in [2.24, 2.45) is 0 Å². The van der Waals surface area contributed by atoms with E-state index in [0.717, 1.165) is 23.2 Å². The molecule has 0 atom stereocenters. The third-order valence-electron chi connectivity index (χ3n) is 2.80. The van der Waals surface area contributed by atoms with Crippen LogP contribution in [-0.2, 0) is 0 Å². The van der Waals surface area contributed by atoms with E-state index in [0.29, 0.717) is 10.7 Å². The number of rotatable bonds is 2. The van der Waals surface area contributed by atoms with Crippen LogP contribution in [0.4, 0.5) is 0 Å². The molecule has 0 saturated carbocycles. The molecule has 0 unspecified atom stereocenters. The number of halogens is 1. The number of carbonyl (C=O) groups excluding carboxylic acids is 1. The van der Waals surface area contributed by atoms with Gasteiger partial charge in [-0.2, -0.15) is 0 Å². The van der Waals surface area contributed by atoms with Crippen LogP contribution in [0.25, 0.3) is 16.9 Å². The Bertz CT molecular complexity index is 716. The summed E-state index contributed by atoms with van der Waals surface area (Å²) in [4.78, 5) is 15.5. The number of fused-ring (bicyclic) bond motifs is 1. The molecule has 3 aromatic rings. The predicted octanol–water partition coefficient (Wildman–Crippen LogP) is 3.47. The van der Waals surface area contributed by atoms with Crippen LogP contribution in [0.3, 0.4) is 0 Å². The van der Waals surface area contributed by atoms with Crippen LogP contribution in [0, 0.1) is 0 Å². The zero-order valence-corrected chi connectivity index (χ0v) is 10.1. The Morgan fingerprint density at radius 3 is 2.61 bits per heavy atom. The first-order chi connectivity index (χ1) is 8.79. The van der Waals surface area contributed by atoms with Crippen molar-refractivity contribution in [2.45, 2.75) is 0 Å². The first-order valence-corrected chi connectivity index (χ1v) is 5.85. The summed E-state index contributed by atoms with van der Waals surface area (Å²) in [6.07, 6.45) is 2.57. The van der Waals surface area contributed by atoms with E-state index in [9.17, 15) is 4.79 Å². The predicted molar refractivity (Wildman–Crippen MR) is 71.0 cm³/mol. The van der Waals surface area contributed by atoms with E-state index in [1.165, 1.54) is 0 Å². The Kier molecular flexibility index (Phi) is 2.61. The van der Waals surface area contributed by atoms with E-state index in [4.69, 9.17) is 11.6 Å². The van der Waals surface area contributed by atoms with Crippen LogP contribution in [0.5, 0.6) is 0 Å². The van der Waals surface area contributed by atoms with E-state index >= 15 is 0 Å². The standard InChI is InChI=1S/C14H9ClN2O/c15-11-6-4-10(5-7-11)14-16-8-12-2-1-3-13(9-18)17(12)14/h1-9H. The minimum Gasteiger partial charge on any atom is -0.296 e. The average molecular weight is 257 g/mol. The molecule has 2 heterocycles. The van der Waals surface area contributed by atoms with Gasteiger partial charge in [0.2, 0.25) is 0 Å². The maximum absolute atomic E-state index is 11.1. The lowest BCUT2D eigenvalue weighted by molar-refractivity contribution is 0.111. The van der Waals surface area contributed by atoms with Gasteiger partial charge in [-0.3, -0.25) is 9.20 Å². The molecule has 0 fully saturated rings. The van der Waals surface area contributed by atoms with Gasteiger partial charge in [-0.25, -0.2) is 4.98 Å². The lowest BCUT2D eigenvalue weighted by Crippen LogP contribution is -1.97. The fourth-order valence-electron chi connectivity index (χ4n) is 1.97. The summed E-state index contributed by atoms with van der Waals surface area (Å²) in [6.45, 7) is 0. The molecule has 0 bridgehead atoms. The number of aromatic nitrogens is 2. The molecule has 18 heavy (non-hydrogen) atoms. The maximum atomic E-state index is 11.1. The van der Waals surface area contributed by atoms with Crippen LogP contribution < -0.4 is 0 Å². The molecule has 3 nitrogen and oxygen atoms in total. The Morgan fingerprint density at radius 2 is 1.89 bits per heavy atom. The van der Waals surface area contributed by atoms with Crippen LogP contribution in [0.15, 0.2) is 48.7 Å². The van der Waals surface area contributed by atoms with Crippen molar-refractivity contribution in [3.05, 3.63) is 59.4 Å². The topological polar surface area (TPSA) is 34.4 Å².